The molecule has 1 spiro atoms. The van der Waals surface area contributed by atoms with Gasteiger partial charge >= 0.3 is 0 Å². The fraction of sp³-hybridized carbons (Fsp3) is 0.667. The van der Waals surface area contributed by atoms with Gasteiger partial charge in [0.2, 0.25) is 15.9 Å². The van der Waals surface area contributed by atoms with Gasteiger partial charge in [0.25, 0.3) is 0 Å². The van der Waals surface area contributed by atoms with Crippen molar-refractivity contribution >= 4 is 15.9 Å². The molecule has 0 bridgehead atoms. The van der Waals surface area contributed by atoms with Crippen LogP contribution in [0.4, 0.5) is 0 Å². The fourth-order valence-corrected chi connectivity index (χ4v) is 4.96. The third-order valence-corrected chi connectivity index (χ3v) is 6.75. The summed E-state index contributed by atoms with van der Waals surface area (Å²) in [6.45, 7) is 3.29. The van der Waals surface area contributed by atoms with Crippen molar-refractivity contribution in [2.24, 2.45) is 11.3 Å². The summed E-state index contributed by atoms with van der Waals surface area (Å²) in [5.74, 6) is 0.857. The molecule has 1 aliphatic carbocycles. The third kappa shape index (κ3) is 2.92. The van der Waals surface area contributed by atoms with Crippen molar-refractivity contribution in [2.45, 2.75) is 32.7 Å². The SMILES string of the molecule is CCCS(=O)(=O)N1CC[C@@]2(C[C@H]2C(=O)NCc2ccco2)C1. The van der Waals surface area contributed by atoms with E-state index in [1.165, 1.54) is 0 Å². The summed E-state index contributed by atoms with van der Waals surface area (Å²) in [4.78, 5) is 12.2. The quantitative estimate of drug-likeness (QED) is 0.856. The average molecular weight is 326 g/mol. The monoisotopic (exact) mass is 326 g/mol. The van der Waals surface area contributed by atoms with Crippen LogP contribution >= 0.6 is 0 Å². The summed E-state index contributed by atoms with van der Waals surface area (Å²) in [6, 6.07) is 3.60. The van der Waals surface area contributed by atoms with Crippen LogP contribution in [0.25, 0.3) is 0 Å². The van der Waals surface area contributed by atoms with Crippen LogP contribution in [0.5, 0.6) is 0 Å². The highest BCUT2D eigenvalue weighted by Gasteiger charge is 2.61. The van der Waals surface area contributed by atoms with Gasteiger partial charge in [-0.1, -0.05) is 6.92 Å². The Bertz CT molecular complexity index is 641. The highest BCUT2D eigenvalue weighted by atomic mass is 32.2. The first kappa shape index (κ1) is 15.6. The van der Waals surface area contributed by atoms with Gasteiger partial charge in [0, 0.05) is 19.0 Å². The van der Waals surface area contributed by atoms with Crippen molar-refractivity contribution in [3.8, 4) is 0 Å². The molecule has 122 valence electrons. The molecule has 0 radical (unpaired) electrons. The number of carbonyl (C=O) groups excluding carboxylic acids is 1. The Hall–Kier alpha value is -1.34. The molecule has 1 saturated heterocycles. The van der Waals surface area contributed by atoms with Crippen molar-refractivity contribution in [1.82, 2.24) is 9.62 Å². The van der Waals surface area contributed by atoms with Gasteiger partial charge in [0.05, 0.1) is 18.6 Å². The molecule has 0 aromatic carbocycles. The van der Waals surface area contributed by atoms with Crippen LogP contribution in [0, 0.1) is 11.3 Å². The first-order valence-electron chi connectivity index (χ1n) is 7.75. The minimum Gasteiger partial charge on any atom is -0.467 e. The largest absolute Gasteiger partial charge is 0.467 e. The Labute approximate surface area is 130 Å². The Balaban J connectivity index is 1.54. The maximum Gasteiger partial charge on any atom is 0.224 e. The molecule has 22 heavy (non-hydrogen) atoms. The van der Waals surface area contributed by atoms with E-state index < -0.39 is 10.0 Å². The van der Waals surface area contributed by atoms with E-state index in [0.717, 1.165) is 18.6 Å². The van der Waals surface area contributed by atoms with Crippen LogP contribution in [0.15, 0.2) is 22.8 Å². The summed E-state index contributed by atoms with van der Waals surface area (Å²) in [5, 5.41) is 2.88. The van der Waals surface area contributed by atoms with Crippen LogP contribution < -0.4 is 5.32 Å². The van der Waals surface area contributed by atoms with Gasteiger partial charge in [0.1, 0.15) is 5.76 Å². The lowest BCUT2D eigenvalue weighted by Gasteiger charge is -2.16. The predicted octanol–water partition coefficient (Wildman–Crippen LogP) is 1.35. The number of hydrogen-bond acceptors (Lipinski definition) is 4. The lowest BCUT2D eigenvalue weighted by molar-refractivity contribution is -0.123. The van der Waals surface area contributed by atoms with Crippen LogP contribution in [0.3, 0.4) is 0 Å². The molecule has 1 amide bonds. The van der Waals surface area contributed by atoms with E-state index in [-0.39, 0.29) is 23.0 Å². The van der Waals surface area contributed by atoms with Gasteiger partial charge in [-0.15, -0.1) is 0 Å². The molecule has 2 fully saturated rings. The molecular weight excluding hydrogens is 304 g/mol. The summed E-state index contributed by atoms with van der Waals surface area (Å²) < 4.78 is 31.0. The van der Waals surface area contributed by atoms with Crippen molar-refractivity contribution < 1.29 is 17.6 Å². The van der Waals surface area contributed by atoms with Crippen LogP contribution in [-0.2, 0) is 21.4 Å². The van der Waals surface area contributed by atoms with Gasteiger partial charge in [-0.2, -0.15) is 0 Å². The van der Waals surface area contributed by atoms with E-state index in [1.807, 2.05) is 13.0 Å². The summed E-state index contributed by atoms with van der Waals surface area (Å²) >= 11 is 0. The highest BCUT2D eigenvalue weighted by molar-refractivity contribution is 7.89. The molecule has 1 N–H and O–H groups in total. The number of furan rings is 1. The number of carbonyl (C=O) groups is 1. The standard InChI is InChI=1S/C15H22N2O4S/c1-2-8-22(19,20)17-6-5-15(11-17)9-13(15)14(18)16-10-12-4-3-7-21-12/h3-4,7,13H,2,5-6,8-11H2,1H3,(H,16,18)/t13-,15+/m0/s1. The van der Waals surface area contributed by atoms with Gasteiger partial charge in [-0.25, -0.2) is 12.7 Å². The van der Waals surface area contributed by atoms with Crippen molar-refractivity contribution in [3.05, 3.63) is 24.2 Å². The molecule has 2 heterocycles. The second-order valence-electron chi connectivity index (χ2n) is 6.32. The molecule has 2 atom stereocenters. The van der Waals surface area contributed by atoms with E-state index in [9.17, 15) is 13.2 Å². The Morgan fingerprint density at radius 1 is 1.55 bits per heavy atom. The Morgan fingerprint density at radius 2 is 2.36 bits per heavy atom. The van der Waals surface area contributed by atoms with E-state index >= 15 is 0 Å². The van der Waals surface area contributed by atoms with E-state index in [1.54, 1.807) is 16.6 Å². The molecule has 1 aromatic heterocycles. The third-order valence-electron chi connectivity index (χ3n) is 4.73. The number of rotatable bonds is 6. The minimum atomic E-state index is -3.15. The second kappa shape index (κ2) is 5.70. The normalized spacial score (nSPS) is 28.1. The number of amides is 1. The van der Waals surface area contributed by atoms with Crippen LogP contribution in [0.1, 0.15) is 31.9 Å². The van der Waals surface area contributed by atoms with E-state index in [4.69, 9.17) is 4.42 Å². The number of hydrogen-bond donors (Lipinski definition) is 1. The topological polar surface area (TPSA) is 79.6 Å². The fourth-order valence-electron chi connectivity index (χ4n) is 3.36. The molecule has 1 aromatic rings. The van der Waals surface area contributed by atoms with Gasteiger partial charge in [-0.05, 0) is 36.8 Å². The van der Waals surface area contributed by atoms with Gasteiger partial charge in [0.15, 0.2) is 0 Å². The zero-order chi connectivity index (χ0) is 15.8. The Morgan fingerprint density at radius 3 is 3.05 bits per heavy atom. The van der Waals surface area contributed by atoms with Gasteiger partial charge in [-0.3, -0.25) is 4.79 Å². The maximum atomic E-state index is 12.2. The number of nitrogens with one attached hydrogen (secondary N) is 1. The smallest absolute Gasteiger partial charge is 0.224 e. The first-order chi connectivity index (χ1) is 10.5. The predicted molar refractivity (Wildman–Crippen MR) is 81.4 cm³/mol. The first-order valence-corrected chi connectivity index (χ1v) is 9.36. The molecule has 1 aliphatic heterocycles. The van der Waals surface area contributed by atoms with Crippen molar-refractivity contribution in [1.29, 1.82) is 0 Å². The summed E-state index contributed by atoms with van der Waals surface area (Å²) in [5.41, 5.74) is -0.131. The molecule has 1 saturated carbocycles. The maximum absolute atomic E-state index is 12.2. The van der Waals surface area contributed by atoms with E-state index in [0.29, 0.717) is 26.1 Å². The van der Waals surface area contributed by atoms with Crippen LogP contribution in [-0.4, -0.2) is 37.5 Å². The lowest BCUT2D eigenvalue weighted by Crippen LogP contribution is -2.32. The summed E-state index contributed by atoms with van der Waals surface area (Å²) in [7, 11) is -3.15. The minimum absolute atomic E-state index is 0.00568. The molecule has 3 rings (SSSR count). The molecule has 6 nitrogen and oxygen atoms in total. The lowest BCUT2D eigenvalue weighted by atomic mass is 10.0. The number of sulfonamides is 1. The molecular formula is C15H22N2O4S. The highest BCUT2D eigenvalue weighted by Crippen LogP contribution is 2.58. The summed E-state index contributed by atoms with van der Waals surface area (Å²) in [6.07, 6.45) is 3.77. The Kier molecular flexibility index (Phi) is 4.03. The molecule has 7 heteroatoms. The van der Waals surface area contributed by atoms with Crippen LogP contribution in [0.2, 0.25) is 0 Å². The van der Waals surface area contributed by atoms with Gasteiger partial charge < -0.3 is 9.73 Å². The molecule has 2 aliphatic rings. The number of nitrogens with zero attached hydrogens (tertiary/aromatic N) is 1. The van der Waals surface area contributed by atoms with Crippen molar-refractivity contribution in [3.63, 3.8) is 0 Å². The average Bonchev–Trinajstić information content (AvgIpc) is 2.82. The van der Waals surface area contributed by atoms with E-state index in [2.05, 4.69) is 5.32 Å². The second-order valence-corrected chi connectivity index (χ2v) is 8.40. The molecule has 0 unspecified atom stereocenters. The zero-order valence-corrected chi connectivity index (χ0v) is 13.6. The zero-order valence-electron chi connectivity index (χ0n) is 12.7. The van der Waals surface area contributed by atoms with Crippen molar-refractivity contribution in [2.75, 3.05) is 18.8 Å².